The maximum atomic E-state index is 15.0. The monoisotopic (exact) mass is 474 g/mol. The minimum Gasteiger partial charge on any atom is -0.374 e. The van der Waals surface area contributed by atoms with Gasteiger partial charge >= 0.3 is 0 Å². The van der Waals surface area contributed by atoms with Crippen LogP contribution in [0.1, 0.15) is 88.2 Å². The van der Waals surface area contributed by atoms with Crippen LogP contribution >= 0.6 is 0 Å². The summed E-state index contributed by atoms with van der Waals surface area (Å²) in [6.45, 7) is 7.86. The van der Waals surface area contributed by atoms with Gasteiger partial charge in [0.05, 0.1) is 0 Å². The highest BCUT2D eigenvalue weighted by Crippen LogP contribution is 2.40. The molecule has 0 aromatic heterocycles. The Bertz CT molecular complexity index is 856. The van der Waals surface area contributed by atoms with Crippen LogP contribution in [0.3, 0.4) is 0 Å². The van der Waals surface area contributed by atoms with Gasteiger partial charge in [-0.15, -0.1) is 0 Å². The number of rotatable bonds is 10. The van der Waals surface area contributed by atoms with Gasteiger partial charge in [-0.25, -0.2) is 13.2 Å². The molecule has 34 heavy (non-hydrogen) atoms. The zero-order chi connectivity index (χ0) is 24.5. The van der Waals surface area contributed by atoms with Crippen molar-refractivity contribution in [3.8, 4) is 0 Å². The van der Waals surface area contributed by atoms with Crippen molar-refractivity contribution in [1.82, 2.24) is 0 Å². The fraction of sp³-hybridized carbons (Fsp3) is 0.600. The van der Waals surface area contributed by atoms with E-state index in [1.54, 1.807) is 18.2 Å². The lowest BCUT2D eigenvalue weighted by Crippen LogP contribution is -2.19. The van der Waals surface area contributed by atoms with Crippen molar-refractivity contribution >= 4 is 0 Å². The summed E-state index contributed by atoms with van der Waals surface area (Å²) < 4.78 is 49.6. The molecule has 2 saturated carbocycles. The SMILES string of the molecule is C=C/C=C(\C(F)=C(\F)COCC1CCC(c2ccc(C)cc2F)CC1)C1CCC(CCC)CC1. The fourth-order valence-corrected chi connectivity index (χ4v) is 5.82. The van der Waals surface area contributed by atoms with Crippen LogP contribution in [0.2, 0.25) is 0 Å². The van der Waals surface area contributed by atoms with Crippen molar-refractivity contribution in [1.29, 1.82) is 0 Å². The highest BCUT2D eigenvalue weighted by molar-refractivity contribution is 5.33. The van der Waals surface area contributed by atoms with Crippen LogP contribution in [0.15, 0.2) is 54.2 Å². The Morgan fingerprint density at radius 3 is 2.32 bits per heavy atom. The van der Waals surface area contributed by atoms with Gasteiger partial charge in [0, 0.05) is 6.61 Å². The molecule has 0 N–H and O–H groups in total. The van der Waals surface area contributed by atoms with Crippen LogP contribution in [0, 0.1) is 30.5 Å². The van der Waals surface area contributed by atoms with Gasteiger partial charge in [0.15, 0.2) is 11.7 Å². The largest absolute Gasteiger partial charge is 0.374 e. The topological polar surface area (TPSA) is 9.23 Å². The van der Waals surface area contributed by atoms with Gasteiger partial charge in [0.1, 0.15) is 12.4 Å². The molecule has 1 aromatic carbocycles. The molecule has 0 heterocycles. The molecule has 0 radical (unpaired) electrons. The normalized spacial score (nSPS) is 26.8. The lowest BCUT2D eigenvalue weighted by Gasteiger charge is -2.30. The van der Waals surface area contributed by atoms with Gasteiger partial charge in [-0.3, -0.25) is 0 Å². The highest BCUT2D eigenvalue weighted by Gasteiger charge is 2.28. The predicted octanol–water partition coefficient (Wildman–Crippen LogP) is 9.29. The summed E-state index contributed by atoms with van der Waals surface area (Å²) in [5.41, 5.74) is 2.17. The van der Waals surface area contributed by atoms with Crippen LogP contribution in [-0.2, 0) is 4.74 Å². The molecule has 2 aliphatic rings. The number of aryl methyl sites for hydroxylation is 1. The molecule has 4 heteroatoms. The molecule has 0 unspecified atom stereocenters. The summed E-state index contributed by atoms with van der Waals surface area (Å²) in [4.78, 5) is 0. The lowest BCUT2D eigenvalue weighted by molar-refractivity contribution is 0.0877. The molecule has 0 amide bonds. The second-order valence-corrected chi connectivity index (χ2v) is 10.3. The van der Waals surface area contributed by atoms with Gasteiger partial charge in [-0.1, -0.05) is 50.6 Å². The standard InChI is InChI=1S/C30H41F3O/c1-4-6-22-9-13-25(14-10-22)27(7-5-2)30(33)29(32)20-34-19-23-11-15-24(16-12-23)26-17-8-21(3)18-28(26)31/h5,7-8,17-18,22-25H,2,4,6,9-16,19-20H2,1,3H3/b27-7-,30-29-. The predicted molar refractivity (Wildman–Crippen MR) is 135 cm³/mol. The Morgan fingerprint density at radius 2 is 1.71 bits per heavy atom. The highest BCUT2D eigenvalue weighted by atomic mass is 19.2. The first kappa shape index (κ1) is 26.8. The Kier molecular flexibility index (Phi) is 10.5. The second kappa shape index (κ2) is 13.3. The fourth-order valence-electron chi connectivity index (χ4n) is 5.82. The number of hydrogen-bond acceptors (Lipinski definition) is 1. The maximum absolute atomic E-state index is 15.0. The Morgan fingerprint density at radius 1 is 1.03 bits per heavy atom. The third-order valence-electron chi connectivity index (χ3n) is 7.80. The smallest absolute Gasteiger partial charge is 0.161 e. The number of benzene rings is 1. The van der Waals surface area contributed by atoms with E-state index in [2.05, 4.69) is 13.5 Å². The molecule has 1 aromatic rings. The summed E-state index contributed by atoms with van der Waals surface area (Å²) in [5.74, 6) is -0.415. The van der Waals surface area contributed by atoms with Crippen LogP contribution < -0.4 is 0 Å². The average Bonchev–Trinajstić information content (AvgIpc) is 2.83. The van der Waals surface area contributed by atoms with E-state index in [4.69, 9.17) is 4.74 Å². The van der Waals surface area contributed by atoms with Crippen molar-refractivity contribution in [3.63, 3.8) is 0 Å². The minimum atomic E-state index is -0.820. The third-order valence-corrected chi connectivity index (χ3v) is 7.80. The van der Waals surface area contributed by atoms with Gasteiger partial charge in [0.2, 0.25) is 0 Å². The van der Waals surface area contributed by atoms with Crippen molar-refractivity contribution in [3.05, 3.63) is 71.1 Å². The van der Waals surface area contributed by atoms with E-state index >= 15 is 4.39 Å². The van der Waals surface area contributed by atoms with Gasteiger partial charge in [-0.05, 0) is 105 Å². The van der Waals surface area contributed by atoms with Crippen LogP contribution in [0.25, 0.3) is 0 Å². The number of hydrogen-bond donors (Lipinski definition) is 0. The first-order valence-electron chi connectivity index (χ1n) is 13.1. The number of ether oxygens (including phenoxy) is 1. The first-order chi connectivity index (χ1) is 16.4. The zero-order valence-electron chi connectivity index (χ0n) is 20.9. The molecule has 1 nitrogen and oxygen atoms in total. The van der Waals surface area contributed by atoms with E-state index in [9.17, 15) is 8.78 Å². The molecular formula is C30H41F3O. The lowest BCUT2D eigenvalue weighted by atomic mass is 9.76. The molecule has 2 aliphatic carbocycles. The molecule has 0 aliphatic heterocycles. The molecule has 188 valence electrons. The maximum Gasteiger partial charge on any atom is 0.161 e. The van der Waals surface area contributed by atoms with Crippen LogP contribution in [0.5, 0.6) is 0 Å². The van der Waals surface area contributed by atoms with Gasteiger partial charge < -0.3 is 4.74 Å². The molecule has 2 fully saturated rings. The minimum absolute atomic E-state index is 0.0503. The average molecular weight is 475 g/mol. The van der Waals surface area contributed by atoms with E-state index in [1.165, 1.54) is 12.8 Å². The van der Waals surface area contributed by atoms with E-state index in [0.717, 1.165) is 62.5 Å². The number of allylic oxidation sites excluding steroid dienone is 4. The molecule has 0 saturated heterocycles. The Labute approximate surface area is 204 Å². The summed E-state index contributed by atoms with van der Waals surface area (Å²) in [7, 11) is 0. The summed E-state index contributed by atoms with van der Waals surface area (Å²) in [6.07, 6.45) is 13.1. The van der Waals surface area contributed by atoms with Gasteiger partial charge in [0.25, 0.3) is 0 Å². The van der Waals surface area contributed by atoms with Crippen molar-refractivity contribution in [2.45, 2.75) is 84.0 Å². The van der Waals surface area contributed by atoms with Crippen LogP contribution in [-0.4, -0.2) is 13.2 Å². The van der Waals surface area contributed by atoms with E-state index in [1.807, 2.05) is 19.1 Å². The summed E-state index contributed by atoms with van der Waals surface area (Å²) in [5, 5.41) is 0. The molecule has 3 rings (SSSR count). The van der Waals surface area contributed by atoms with E-state index in [0.29, 0.717) is 24.0 Å². The van der Waals surface area contributed by atoms with E-state index in [-0.39, 0.29) is 24.3 Å². The third kappa shape index (κ3) is 7.34. The van der Waals surface area contributed by atoms with E-state index < -0.39 is 11.7 Å². The zero-order valence-corrected chi connectivity index (χ0v) is 20.9. The molecule has 0 spiro atoms. The van der Waals surface area contributed by atoms with Gasteiger partial charge in [-0.2, -0.15) is 0 Å². The van der Waals surface area contributed by atoms with Crippen molar-refractivity contribution in [2.24, 2.45) is 17.8 Å². The second-order valence-electron chi connectivity index (χ2n) is 10.3. The Hall–Kier alpha value is -1.81. The quantitative estimate of drug-likeness (QED) is 0.307. The van der Waals surface area contributed by atoms with Crippen molar-refractivity contribution in [2.75, 3.05) is 13.2 Å². The first-order valence-corrected chi connectivity index (χ1v) is 13.1. The Balaban J connectivity index is 1.47. The molecule has 0 bridgehead atoms. The summed E-state index contributed by atoms with van der Waals surface area (Å²) in [6, 6.07) is 5.46. The van der Waals surface area contributed by atoms with Crippen molar-refractivity contribution < 1.29 is 17.9 Å². The molecule has 0 atom stereocenters. The summed E-state index contributed by atoms with van der Waals surface area (Å²) >= 11 is 0. The van der Waals surface area contributed by atoms with Crippen LogP contribution in [0.4, 0.5) is 13.2 Å². The molecular weight excluding hydrogens is 433 g/mol. The number of halogens is 3.